The summed E-state index contributed by atoms with van der Waals surface area (Å²) in [4.78, 5) is 7.92. The van der Waals surface area contributed by atoms with Crippen molar-refractivity contribution in [2.45, 2.75) is 20.0 Å². The molecule has 0 aliphatic rings. The van der Waals surface area contributed by atoms with E-state index in [1.54, 1.807) is 30.5 Å². The van der Waals surface area contributed by atoms with Crippen molar-refractivity contribution in [3.63, 3.8) is 0 Å². The molecule has 2 aromatic rings. The molecule has 140 valence electrons. The average Bonchev–Trinajstić information content (AvgIpc) is 2.63. The molecular weight excluding hydrogens is 383 g/mol. The van der Waals surface area contributed by atoms with Crippen molar-refractivity contribution >= 4 is 40.8 Å². The van der Waals surface area contributed by atoms with E-state index in [-0.39, 0.29) is 5.71 Å². The fourth-order valence-electron chi connectivity index (χ4n) is 2.47. The number of ether oxygens (including phenoxy) is 1. The van der Waals surface area contributed by atoms with E-state index in [4.69, 9.17) is 39.1 Å². The summed E-state index contributed by atoms with van der Waals surface area (Å²) in [5.41, 5.74) is 8.56. The smallest absolute Gasteiger partial charge is 0.124 e. The molecule has 0 amide bonds. The molecule has 0 saturated carbocycles. The van der Waals surface area contributed by atoms with Gasteiger partial charge < -0.3 is 10.5 Å². The van der Waals surface area contributed by atoms with E-state index in [9.17, 15) is 0 Å². The Balaban J connectivity index is 2.33. The van der Waals surface area contributed by atoms with Gasteiger partial charge in [0, 0.05) is 47.2 Å². The molecule has 2 rings (SSSR count). The summed E-state index contributed by atoms with van der Waals surface area (Å²) < 4.78 is 5.98. The lowest BCUT2D eigenvalue weighted by atomic mass is 10.0. The van der Waals surface area contributed by atoms with Crippen molar-refractivity contribution in [3.05, 3.63) is 76.2 Å². The van der Waals surface area contributed by atoms with E-state index in [0.29, 0.717) is 38.2 Å². The number of halogens is 2. The Morgan fingerprint density at radius 2 is 2.00 bits per heavy atom. The lowest BCUT2D eigenvalue weighted by Gasteiger charge is -2.18. The monoisotopic (exact) mass is 402 g/mol. The second-order valence-electron chi connectivity index (χ2n) is 5.61. The van der Waals surface area contributed by atoms with Crippen LogP contribution in [0.3, 0.4) is 0 Å². The Bertz CT molecular complexity index is 902. The van der Waals surface area contributed by atoms with E-state index >= 15 is 0 Å². The molecule has 27 heavy (non-hydrogen) atoms. The lowest BCUT2D eigenvalue weighted by Crippen LogP contribution is -2.10. The number of aromatic nitrogens is 1. The number of benzene rings is 1. The number of nitrogens with one attached hydrogen (secondary N) is 1. The molecule has 0 aliphatic carbocycles. The van der Waals surface area contributed by atoms with E-state index in [1.165, 1.54) is 18.6 Å². The van der Waals surface area contributed by atoms with Crippen molar-refractivity contribution in [3.8, 4) is 5.75 Å². The number of hydrogen-bond donors (Lipinski definition) is 2. The first-order valence-electron chi connectivity index (χ1n) is 8.13. The molecule has 0 spiro atoms. The van der Waals surface area contributed by atoms with E-state index < -0.39 is 6.10 Å². The summed E-state index contributed by atoms with van der Waals surface area (Å²) in [5.74, 6) is 0.538. The van der Waals surface area contributed by atoms with Crippen LogP contribution >= 0.6 is 23.2 Å². The maximum absolute atomic E-state index is 8.44. The lowest BCUT2D eigenvalue weighted by molar-refractivity contribution is 0.227. The number of nitrogens with zero attached hydrogens (tertiary/aromatic N) is 2. The van der Waals surface area contributed by atoms with Crippen LogP contribution in [0.1, 0.15) is 31.1 Å². The maximum atomic E-state index is 8.44. The van der Waals surface area contributed by atoms with Crippen LogP contribution in [0.4, 0.5) is 5.69 Å². The zero-order chi connectivity index (χ0) is 20.0. The standard InChI is InChI=1S/C20H20Cl2N4O/c1-4-13(9-25-5-2)20(24)15-8-14(6-7-18(15)23)27-12(3)19-16(21)10-26-11-17(19)22/h4-12,24H,2,23H2,1,3H3/b13-4+,24-20?,25-9?. The summed E-state index contributed by atoms with van der Waals surface area (Å²) in [6.45, 7) is 7.20. The van der Waals surface area contributed by atoms with Crippen LogP contribution in [0, 0.1) is 5.41 Å². The fraction of sp³-hybridized carbons (Fsp3) is 0.150. The Hall–Kier alpha value is -2.63. The molecule has 5 nitrogen and oxygen atoms in total. The van der Waals surface area contributed by atoms with Crippen LogP contribution in [0.15, 0.2) is 60.0 Å². The van der Waals surface area contributed by atoms with Gasteiger partial charge in [0.1, 0.15) is 11.9 Å². The second kappa shape index (κ2) is 9.35. The summed E-state index contributed by atoms with van der Waals surface area (Å²) >= 11 is 12.4. The molecule has 3 N–H and O–H groups in total. The molecule has 0 fully saturated rings. The number of aliphatic imine (C=N–C) groups is 1. The van der Waals surface area contributed by atoms with Gasteiger partial charge >= 0.3 is 0 Å². The first-order valence-corrected chi connectivity index (χ1v) is 8.89. The number of nitrogen functional groups attached to an aromatic ring is 1. The van der Waals surface area contributed by atoms with Gasteiger partial charge in [-0.2, -0.15) is 0 Å². The number of pyridine rings is 1. The van der Waals surface area contributed by atoms with Gasteiger partial charge in [0.15, 0.2) is 0 Å². The summed E-state index contributed by atoms with van der Waals surface area (Å²) in [7, 11) is 0. The predicted molar refractivity (Wildman–Crippen MR) is 113 cm³/mol. The zero-order valence-corrected chi connectivity index (χ0v) is 16.6. The van der Waals surface area contributed by atoms with Gasteiger partial charge in [0.05, 0.1) is 15.8 Å². The average molecular weight is 403 g/mol. The summed E-state index contributed by atoms with van der Waals surface area (Å²) in [6.07, 6.45) is 7.36. The van der Waals surface area contributed by atoms with Crippen LogP contribution in [0.2, 0.25) is 10.0 Å². The van der Waals surface area contributed by atoms with Gasteiger partial charge in [-0.3, -0.25) is 15.4 Å². The quantitative estimate of drug-likeness (QED) is 0.464. The largest absolute Gasteiger partial charge is 0.486 e. The van der Waals surface area contributed by atoms with Crippen LogP contribution in [-0.4, -0.2) is 16.9 Å². The minimum Gasteiger partial charge on any atom is -0.486 e. The molecule has 0 aliphatic heterocycles. The molecule has 1 unspecified atom stereocenters. The number of hydrogen-bond acceptors (Lipinski definition) is 5. The van der Waals surface area contributed by atoms with Crippen molar-refractivity contribution in [1.82, 2.24) is 4.98 Å². The third-order valence-corrected chi connectivity index (χ3v) is 4.42. The third kappa shape index (κ3) is 4.96. The minimum atomic E-state index is -0.415. The molecule has 0 radical (unpaired) electrons. The van der Waals surface area contributed by atoms with Gasteiger partial charge in [-0.15, -0.1) is 0 Å². The molecular formula is C20H20Cl2N4O. The van der Waals surface area contributed by atoms with Gasteiger partial charge in [0.2, 0.25) is 0 Å². The molecule has 0 saturated heterocycles. The first-order chi connectivity index (χ1) is 12.9. The van der Waals surface area contributed by atoms with Crippen LogP contribution < -0.4 is 10.5 Å². The van der Waals surface area contributed by atoms with E-state index in [2.05, 4.69) is 16.6 Å². The molecule has 1 aromatic heterocycles. The SMILES string of the molecule is C=CN=C/C(=C\C)C(=N)c1cc(OC(C)c2c(Cl)cncc2Cl)ccc1N. The van der Waals surface area contributed by atoms with Gasteiger partial charge in [0.25, 0.3) is 0 Å². The number of anilines is 1. The van der Waals surface area contributed by atoms with E-state index in [0.717, 1.165) is 0 Å². The second-order valence-corrected chi connectivity index (χ2v) is 6.42. The van der Waals surface area contributed by atoms with Crippen LogP contribution in [0.25, 0.3) is 0 Å². The van der Waals surface area contributed by atoms with Crippen molar-refractivity contribution < 1.29 is 4.74 Å². The van der Waals surface area contributed by atoms with Gasteiger partial charge in [-0.05, 0) is 32.0 Å². The topological polar surface area (TPSA) is 84.3 Å². The predicted octanol–water partition coefficient (Wildman–Crippen LogP) is 5.64. The zero-order valence-electron chi connectivity index (χ0n) is 15.0. The highest BCUT2D eigenvalue weighted by atomic mass is 35.5. The molecule has 1 aromatic carbocycles. The Morgan fingerprint density at radius 1 is 1.33 bits per heavy atom. The first kappa shape index (κ1) is 20.7. The van der Waals surface area contributed by atoms with Crippen molar-refractivity contribution in [2.75, 3.05) is 5.73 Å². The number of nitrogens with two attached hydrogens (primary N) is 1. The van der Waals surface area contributed by atoms with Crippen LogP contribution in [-0.2, 0) is 0 Å². The fourth-order valence-corrected chi connectivity index (χ4v) is 3.14. The highest BCUT2D eigenvalue weighted by Crippen LogP contribution is 2.33. The highest BCUT2D eigenvalue weighted by molar-refractivity contribution is 6.35. The minimum absolute atomic E-state index is 0.235. The normalized spacial score (nSPS) is 12.8. The Labute approximate surface area is 168 Å². The third-order valence-electron chi connectivity index (χ3n) is 3.82. The number of rotatable bonds is 7. The van der Waals surface area contributed by atoms with Crippen molar-refractivity contribution in [2.24, 2.45) is 4.99 Å². The summed E-state index contributed by atoms with van der Waals surface area (Å²) in [5, 5.41) is 9.29. The van der Waals surface area contributed by atoms with Gasteiger partial charge in [-0.1, -0.05) is 35.9 Å². The molecule has 1 atom stereocenters. The Morgan fingerprint density at radius 3 is 2.59 bits per heavy atom. The van der Waals surface area contributed by atoms with Gasteiger partial charge in [-0.25, -0.2) is 0 Å². The van der Waals surface area contributed by atoms with Crippen molar-refractivity contribution in [1.29, 1.82) is 5.41 Å². The summed E-state index contributed by atoms with van der Waals surface area (Å²) in [6, 6.07) is 5.14. The highest BCUT2D eigenvalue weighted by Gasteiger charge is 2.17. The molecule has 1 heterocycles. The maximum Gasteiger partial charge on any atom is 0.124 e. The Kier molecular flexibility index (Phi) is 7.16. The van der Waals surface area contributed by atoms with E-state index in [1.807, 2.05) is 13.8 Å². The molecule has 7 heteroatoms. The molecule has 0 bridgehead atoms. The number of allylic oxidation sites excluding steroid dienone is 2. The van der Waals surface area contributed by atoms with Crippen LogP contribution in [0.5, 0.6) is 5.75 Å².